The number of benzene rings is 3. The molecule has 1 aliphatic heterocycles. The van der Waals surface area contributed by atoms with Gasteiger partial charge in [0.05, 0.1) is 13.2 Å². The molecule has 5 rings (SSSR count). The van der Waals surface area contributed by atoms with Crippen molar-refractivity contribution in [3.8, 4) is 11.5 Å². The van der Waals surface area contributed by atoms with E-state index in [4.69, 9.17) is 15.2 Å². The van der Waals surface area contributed by atoms with Crippen LogP contribution in [-0.4, -0.2) is 25.4 Å². The van der Waals surface area contributed by atoms with Crippen LogP contribution in [0.25, 0.3) is 16.3 Å². The Morgan fingerprint density at radius 2 is 1.91 bits per heavy atom. The number of Topliss-reactive ketones (excluding diaryl/α,β-unsaturated/α-hetero) is 1. The molecule has 0 aromatic heterocycles. The number of fused-ring (bicyclic) bond motifs is 4. The first-order chi connectivity index (χ1) is 16.7. The molecule has 35 heavy (non-hydrogen) atoms. The van der Waals surface area contributed by atoms with Crippen LogP contribution >= 0.6 is 15.9 Å². The number of hydrogen-bond donors (Lipinski definition) is 2. The van der Waals surface area contributed by atoms with Gasteiger partial charge in [0.1, 0.15) is 0 Å². The van der Waals surface area contributed by atoms with Gasteiger partial charge in [-0.1, -0.05) is 60.1 Å². The summed E-state index contributed by atoms with van der Waals surface area (Å²) in [6.07, 6.45) is 1.27. The number of halogens is 1. The van der Waals surface area contributed by atoms with E-state index >= 15 is 0 Å². The topological polar surface area (TPSA) is 90.7 Å². The van der Waals surface area contributed by atoms with Crippen LogP contribution in [0.15, 0.2) is 58.6 Å². The average molecular weight is 535 g/mol. The number of nitrogens with two attached hydrogens (primary N) is 1. The number of anilines is 1. The lowest BCUT2D eigenvalue weighted by molar-refractivity contribution is -0.120. The summed E-state index contributed by atoms with van der Waals surface area (Å²) >= 11 is 3.68. The fourth-order valence-corrected chi connectivity index (χ4v) is 5.82. The molecule has 1 aliphatic carbocycles. The predicted octanol–water partition coefficient (Wildman–Crippen LogP) is 5.78. The summed E-state index contributed by atoms with van der Waals surface area (Å²) in [5.41, 5.74) is 9.93. The average Bonchev–Trinajstić information content (AvgIpc) is 2.81. The third-order valence-electron chi connectivity index (χ3n) is 6.70. The Kier molecular flexibility index (Phi) is 5.83. The van der Waals surface area contributed by atoms with E-state index in [1.165, 1.54) is 7.11 Å². The number of allylic oxidation sites excluding steroid dienone is 1. The Morgan fingerprint density at radius 3 is 2.66 bits per heavy atom. The van der Waals surface area contributed by atoms with E-state index in [1.807, 2.05) is 18.2 Å². The molecule has 0 fully saturated rings. The van der Waals surface area contributed by atoms with E-state index in [-0.39, 0.29) is 17.8 Å². The van der Waals surface area contributed by atoms with Gasteiger partial charge in [0.15, 0.2) is 23.9 Å². The number of hydrogen-bond acceptors (Lipinski definition) is 5. The zero-order chi connectivity index (χ0) is 24.9. The molecule has 3 aromatic carbocycles. The molecule has 7 heteroatoms. The number of rotatable bonds is 5. The normalized spacial score (nSPS) is 18.5. The van der Waals surface area contributed by atoms with Crippen LogP contribution in [0, 0.1) is 5.41 Å². The summed E-state index contributed by atoms with van der Waals surface area (Å²) in [7, 11) is 1.53. The van der Waals surface area contributed by atoms with E-state index in [2.05, 4.69) is 59.4 Å². The van der Waals surface area contributed by atoms with Gasteiger partial charge in [-0.3, -0.25) is 9.59 Å². The maximum absolute atomic E-state index is 13.7. The smallest absolute Gasteiger partial charge is 0.255 e. The number of carbonyl (C=O) groups excluding carboxylic acids is 2. The van der Waals surface area contributed by atoms with Crippen molar-refractivity contribution < 1.29 is 19.1 Å². The van der Waals surface area contributed by atoms with Crippen molar-refractivity contribution in [3.05, 3.63) is 69.7 Å². The van der Waals surface area contributed by atoms with Crippen molar-refractivity contribution in [2.24, 2.45) is 11.1 Å². The second-order valence-corrected chi connectivity index (χ2v) is 10.8. The Balaban J connectivity index is 1.73. The molecule has 0 saturated heterocycles. The van der Waals surface area contributed by atoms with Crippen LogP contribution in [0.2, 0.25) is 0 Å². The van der Waals surface area contributed by atoms with Crippen LogP contribution in [-0.2, 0) is 9.59 Å². The maximum Gasteiger partial charge on any atom is 0.255 e. The number of nitrogens with one attached hydrogen (secondary N) is 1. The van der Waals surface area contributed by atoms with Crippen molar-refractivity contribution in [2.45, 2.75) is 32.7 Å². The standard InChI is InChI=1S/C28H27BrN2O4/c1-28(2)12-18-25-16-7-5-4-6-15(16)8-9-20(25)31-27(26(18)21(32)13-28)17-10-23(35-14-24(30)33)22(34-3)11-19(17)29/h4-11,27,31H,12-14H2,1-3H3,(H2,30,33). The number of methoxy groups -OCH3 is 1. The number of amides is 1. The van der Waals surface area contributed by atoms with Gasteiger partial charge in [0.25, 0.3) is 5.91 Å². The van der Waals surface area contributed by atoms with Crippen molar-refractivity contribution in [1.82, 2.24) is 0 Å². The van der Waals surface area contributed by atoms with Crippen LogP contribution in [0.1, 0.15) is 43.9 Å². The van der Waals surface area contributed by atoms with Gasteiger partial charge < -0.3 is 20.5 Å². The maximum atomic E-state index is 13.7. The Bertz CT molecular complexity index is 1410. The van der Waals surface area contributed by atoms with Gasteiger partial charge >= 0.3 is 0 Å². The second kappa shape index (κ2) is 8.72. The monoisotopic (exact) mass is 534 g/mol. The van der Waals surface area contributed by atoms with Crippen LogP contribution < -0.4 is 20.5 Å². The molecule has 1 unspecified atom stereocenters. The molecule has 180 valence electrons. The van der Waals surface area contributed by atoms with Crippen LogP contribution in [0.3, 0.4) is 0 Å². The molecule has 2 aliphatic rings. The molecule has 1 atom stereocenters. The van der Waals surface area contributed by atoms with Gasteiger partial charge in [0, 0.05) is 27.7 Å². The Morgan fingerprint density at radius 1 is 1.14 bits per heavy atom. The molecule has 1 amide bonds. The zero-order valence-electron chi connectivity index (χ0n) is 19.9. The first kappa shape index (κ1) is 23.4. The number of ketones is 1. The molecule has 3 N–H and O–H groups in total. The van der Waals surface area contributed by atoms with Gasteiger partial charge in [-0.2, -0.15) is 0 Å². The molecule has 6 nitrogen and oxygen atoms in total. The summed E-state index contributed by atoms with van der Waals surface area (Å²) in [5.74, 6) is 0.410. The van der Waals surface area contributed by atoms with Gasteiger partial charge in [-0.25, -0.2) is 0 Å². The number of carbonyl (C=O) groups is 2. The lowest BCUT2D eigenvalue weighted by Crippen LogP contribution is -2.33. The SMILES string of the molecule is COc1cc(Br)c(C2Nc3ccc4ccccc4c3C3=C2C(=O)CC(C)(C)C3)cc1OCC(N)=O. The van der Waals surface area contributed by atoms with E-state index in [1.54, 1.807) is 6.07 Å². The predicted molar refractivity (Wildman–Crippen MR) is 141 cm³/mol. The second-order valence-electron chi connectivity index (χ2n) is 9.90. The van der Waals surface area contributed by atoms with Gasteiger partial charge in [-0.15, -0.1) is 0 Å². The lowest BCUT2D eigenvalue weighted by atomic mass is 9.68. The fraction of sp³-hybridized carbons (Fsp3) is 0.286. The van der Waals surface area contributed by atoms with Crippen LogP contribution in [0.4, 0.5) is 5.69 Å². The van der Waals surface area contributed by atoms with Crippen molar-refractivity contribution in [3.63, 3.8) is 0 Å². The van der Waals surface area contributed by atoms with Crippen molar-refractivity contribution in [1.29, 1.82) is 0 Å². The van der Waals surface area contributed by atoms with E-state index in [0.29, 0.717) is 17.9 Å². The fourth-order valence-electron chi connectivity index (χ4n) is 5.26. The van der Waals surface area contributed by atoms with Crippen molar-refractivity contribution in [2.75, 3.05) is 19.0 Å². The van der Waals surface area contributed by atoms with E-state index in [0.717, 1.165) is 49.6 Å². The van der Waals surface area contributed by atoms with Gasteiger partial charge in [0.2, 0.25) is 0 Å². The molecule has 0 bridgehead atoms. The highest BCUT2D eigenvalue weighted by atomic mass is 79.9. The Hall–Kier alpha value is -3.32. The summed E-state index contributed by atoms with van der Waals surface area (Å²) in [6, 6.07) is 15.7. The summed E-state index contributed by atoms with van der Waals surface area (Å²) < 4.78 is 11.9. The van der Waals surface area contributed by atoms with Crippen molar-refractivity contribution >= 4 is 49.7 Å². The number of primary amides is 1. The van der Waals surface area contributed by atoms with E-state index in [9.17, 15) is 9.59 Å². The highest BCUT2D eigenvalue weighted by molar-refractivity contribution is 9.10. The third-order valence-corrected chi connectivity index (χ3v) is 7.39. The van der Waals surface area contributed by atoms with E-state index < -0.39 is 11.9 Å². The zero-order valence-corrected chi connectivity index (χ0v) is 21.5. The highest BCUT2D eigenvalue weighted by Crippen LogP contribution is 2.53. The molecular formula is C28H27BrN2O4. The highest BCUT2D eigenvalue weighted by Gasteiger charge is 2.41. The molecular weight excluding hydrogens is 508 g/mol. The molecule has 0 spiro atoms. The van der Waals surface area contributed by atoms with Crippen LogP contribution in [0.5, 0.6) is 11.5 Å². The quantitative estimate of drug-likeness (QED) is 0.432. The molecule has 1 heterocycles. The summed E-state index contributed by atoms with van der Waals surface area (Å²) in [4.78, 5) is 25.0. The molecule has 0 saturated carbocycles. The third kappa shape index (κ3) is 4.18. The summed E-state index contributed by atoms with van der Waals surface area (Å²) in [5, 5.41) is 5.91. The molecule has 3 aromatic rings. The van der Waals surface area contributed by atoms with Gasteiger partial charge in [-0.05, 0) is 51.9 Å². The largest absolute Gasteiger partial charge is 0.493 e. The first-order valence-corrected chi connectivity index (χ1v) is 12.3. The first-order valence-electron chi connectivity index (χ1n) is 11.5. The Labute approximate surface area is 212 Å². The number of ether oxygens (including phenoxy) is 2. The lowest BCUT2D eigenvalue weighted by Gasteiger charge is -2.40. The minimum Gasteiger partial charge on any atom is -0.493 e. The minimum absolute atomic E-state index is 0.134. The summed E-state index contributed by atoms with van der Waals surface area (Å²) in [6.45, 7) is 4.02. The minimum atomic E-state index is -0.581. The molecule has 0 radical (unpaired) electrons.